The minimum atomic E-state index is -0.661. The van der Waals surface area contributed by atoms with Crippen molar-refractivity contribution in [3.8, 4) is 5.75 Å². The van der Waals surface area contributed by atoms with E-state index < -0.39 is 10.8 Å². The molecule has 0 heterocycles. The van der Waals surface area contributed by atoms with Gasteiger partial charge in [-0.15, -0.1) is 10.2 Å². The van der Waals surface area contributed by atoms with Crippen molar-refractivity contribution < 1.29 is 14.8 Å². The Bertz CT molecular complexity index is 1260. The number of benzene rings is 4. The van der Waals surface area contributed by atoms with Crippen molar-refractivity contribution in [2.45, 2.75) is 0 Å². The maximum absolute atomic E-state index is 12.3. The summed E-state index contributed by atoms with van der Waals surface area (Å²) in [6.07, 6.45) is 0. The molecule has 4 aromatic rings. The van der Waals surface area contributed by atoms with Gasteiger partial charge in [0.1, 0.15) is 5.69 Å². The molecular formula is C21H13N3O4. The molecule has 0 spiro atoms. The first-order valence-electron chi connectivity index (χ1n) is 8.39. The van der Waals surface area contributed by atoms with Gasteiger partial charge in [-0.25, -0.2) is 0 Å². The molecule has 7 heteroatoms. The van der Waals surface area contributed by atoms with Crippen molar-refractivity contribution in [2.75, 3.05) is 0 Å². The molecule has 0 aliphatic heterocycles. The molecule has 0 radical (unpaired) electrons. The fourth-order valence-electron chi connectivity index (χ4n) is 3.08. The van der Waals surface area contributed by atoms with E-state index in [0.29, 0.717) is 10.8 Å². The fraction of sp³-hybridized carbons (Fsp3) is 0. The summed E-state index contributed by atoms with van der Waals surface area (Å²) in [7, 11) is 0. The number of azo groups is 1. The number of fused-ring (bicyclic) bond motifs is 3. The number of nitro benzene ring substituents is 1. The quantitative estimate of drug-likeness (QED) is 0.221. The Morgan fingerprint density at radius 1 is 0.821 bits per heavy atom. The molecule has 0 saturated heterocycles. The summed E-state index contributed by atoms with van der Waals surface area (Å²) in [5, 5.41) is 32.2. The lowest BCUT2D eigenvalue weighted by atomic mass is 9.99. The molecule has 0 unspecified atom stereocenters. The number of aromatic hydroxyl groups is 1. The van der Waals surface area contributed by atoms with E-state index >= 15 is 0 Å². The summed E-state index contributed by atoms with van der Waals surface area (Å²) >= 11 is 0. The second-order valence-electron chi connectivity index (χ2n) is 6.10. The van der Waals surface area contributed by atoms with Gasteiger partial charge in [0.2, 0.25) is 0 Å². The highest BCUT2D eigenvalue weighted by atomic mass is 16.6. The van der Waals surface area contributed by atoms with Crippen LogP contribution in [0.15, 0.2) is 83.0 Å². The molecule has 28 heavy (non-hydrogen) atoms. The lowest BCUT2D eigenvalue weighted by molar-refractivity contribution is -0.384. The highest BCUT2D eigenvalue weighted by molar-refractivity contribution is 6.15. The maximum Gasteiger partial charge on any atom is 0.295 e. The summed E-state index contributed by atoms with van der Waals surface area (Å²) < 4.78 is 0. The Labute approximate surface area is 158 Å². The maximum atomic E-state index is 12.3. The van der Waals surface area contributed by atoms with E-state index in [0.717, 1.165) is 10.8 Å². The Kier molecular flexibility index (Phi) is 4.25. The zero-order valence-electron chi connectivity index (χ0n) is 14.4. The minimum Gasteiger partial charge on any atom is -0.505 e. The molecule has 0 atom stereocenters. The molecule has 136 valence electrons. The molecule has 1 N–H and O–H groups in total. The Morgan fingerprint density at radius 2 is 1.36 bits per heavy atom. The van der Waals surface area contributed by atoms with Crippen LogP contribution in [-0.4, -0.2) is 15.9 Å². The number of non-ortho nitro benzene ring substituents is 1. The molecule has 1 amide bonds. The zero-order chi connectivity index (χ0) is 19.7. The Balaban J connectivity index is 1.79. The summed E-state index contributed by atoms with van der Waals surface area (Å²) in [4.78, 5) is 22.5. The molecule has 4 rings (SSSR count). The van der Waals surface area contributed by atoms with Crippen LogP contribution in [0.1, 0.15) is 10.4 Å². The monoisotopic (exact) mass is 371 g/mol. The number of phenols is 1. The summed E-state index contributed by atoms with van der Waals surface area (Å²) in [6.45, 7) is 0. The molecule has 7 nitrogen and oxygen atoms in total. The highest BCUT2D eigenvalue weighted by Gasteiger charge is 2.14. The van der Waals surface area contributed by atoms with Crippen molar-refractivity contribution >= 4 is 38.8 Å². The number of carbonyl (C=O) groups is 1. The highest BCUT2D eigenvalue weighted by Crippen LogP contribution is 2.42. The van der Waals surface area contributed by atoms with Gasteiger partial charge in [0.15, 0.2) is 5.75 Å². The van der Waals surface area contributed by atoms with Crippen LogP contribution >= 0.6 is 0 Å². The number of rotatable bonds is 3. The smallest absolute Gasteiger partial charge is 0.295 e. The topological polar surface area (TPSA) is 105 Å². The number of amides is 1. The predicted octanol–water partition coefficient (Wildman–Crippen LogP) is 5.53. The van der Waals surface area contributed by atoms with E-state index in [1.54, 1.807) is 18.2 Å². The Hall–Kier alpha value is -4.13. The third-order valence-electron chi connectivity index (χ3n) is 4.44. The summed E-state index contributed by atoms with van der Waals surface area (Å²) in [6, 6.07) is 19.9. The van der Waals surface area contributed by atoms with Crippen LogP contribution in [0.3, 0.4) is 0 Å². The van der Waals surface area contributed by atoms with Gasteiger partial charge >= 0.3 is 0 Å². The lowest BCUT2D eigenvalue weighted by Gasteiger charge is -2.09. The second kappa shape index (κ2) is 6.88. The molecule has 0 aliphatic carbocycles. The number of carbonyl (C=O) groups excluding carboxylic acids is 1. The largest absolute Gasteiger partial charge is 0.505 e. The molecule has 0 saturated carbocycles. The first kappa shape index (κ1) is 17.3. The third kappa shape index (κ3) is 2.95. The normalized spacial score (nSPS) is 11.3. The van der Waals surface area contributed by atoms with Gasteiger partial charge in [-0.05, 0) is 22.9 Å². The van der Waals surface area contributed by atoms with Gasteiger partial charge in [-0.3, -0.25) is 14.9 Å². The predicted molar refractivity (Wildman–Crippen MR) is 105 cm³/mol. The van der Waals surface area contributed by atoms with Crippen LogP contribution in [0.5, 0.6) is 5.75 Å². The van der Waals surface area contributed by atoms with E-state index in [9.17, 15) is 20.0 Å². The molecule has 4 aromatic carbocycles. The minimum absolute atomic E-state index is 0.0606. The van der Waals surface area contributed by atoms with Crippen molar-refractivity contribution in [1.82, 2.24) is 0 Å². The Morgan fingerprint density at radius 3 is 1.96 bits per heavy atom. The van der Waals surface area contributed by atoms with Crippen LogP contribution in [0.4, 0.5) is 11.4 Å². The van der Waals surface area contributed by atoms with Gasteiger partial charge in [0.05, 0.1) is 4.92 Å². The molecule has 0 bridgehead atoms. The lowest BCUT2D eigenvalue weighted by Crippen LogP contribution is -1.95. The summed E-state index contributed by atoms with van der Waals surface area (Å²) in [5.74, 6) is -0.721. The van der Waals surface area contributed by atoms with Crippen LogP contribution in [0.25, 0.3) is 21.5 Å². The van der Waals surface area contributed by atoms with Crippen molar-refractivity contribution in [3.05, 3.63) is 88.5 Å². The van der Waals surface area contributed by atoms with Crippen LogP contribution in [-0.2, 0) is 0 Å². The average molecular weight is 371 g/mol. The van der Waals surface area contributed by atoms with E-state index in [1.165, 1.54) is 24.3 Å². The van der Waals surface area contributed by atoms with Gasteiger partial charge < -0.3 is 5.11 Å². The number of nitro groups is 1. The number of nitrogens with zero attached hydrogens (tertiary/aromatic N) is 3. The summed E-state index contributed by atoms with van der Waals surface area (Å²) in [5.41, 5.74) is 0.246. The SMILES string of the molecule is O=C(N=Nc1c(O)c2ccccc2c2ccccc12)c1ccc([N+](=O)[O-])cc1. The van der Waals surface area contributed by atoms with Gasteiger partial charge in [0.25, 0.3) is 11.6 Å². The number of hydrogen-bond donors (Lipinski definition) is 1. The van der Waals surface area contributed by atoms with E-state index in [1.807, 2.05) is 30.3 Å². The average Bonchev–Trinajstić information content (AvgIpc) is 2.73. The molecule has 0 fully saturated rings. The van der Waals surface area contributed by atoms with Crippen molar-refractivity contribution in [2.24, 2.45) is 10.2 Å². The number of hydrogen-bond acceptors (Lipinski definition) is 5. The van der Waals surface area contributed by atoms with Crippen molar-refractivity contribution in [3.63, 3.8) is 0 Å². The molecule has 0 aliphatic rings. The van der Waals surface area contributed by atoms with E-state index in [4.69, 9.17) is 0 Å². The fourth-order valence-corrected chi connectivity index (χ4v) is 3.08. The zero-order valence-corrected chi connectivity index (χ0v) is 14.4. The first-order chi connectivity index (χ1) is 13.6. The van der Waals surface area contributed by atoms with Gasteiger partial charge in [-0.2, -0.15) is 0 Å². The molecular weight excluding hydrogens is 358 g/mol. The van der Waals surface area contributed by atoms with Gasteiger partial charge in [0, 0.05) is 28.5 Å². The number of phenolic OH excluding ortho intramolecular Hbond substituents is 1. The van der Waals surface area contributed by atoms with Gasteiger partial charge in [-0.1, -0.05) is 48.5 Å². The standard InChI is InChI=1S/C21H13N3O4/c25-20-18-8-4-2-6-16(18)15-5-1-3-7-17(15)19(20)22-23-21(26)13-9-11-14(12-10-13)24(27)28/h1-12,25H. The van der Waals surface area contributed by atoms with E-state index in [2.05, 4.69) is 10.2 Å². The van der Waals surface area contributed by atoms with E-state index in [-0.39, 0.29) is 22.7 Å². The molecule has 0 aromatic heterocycles. The van der Waals surface area contributed by atoms with Crippen molar-refractivity contribution in [1.29, 1.82) is 0 Å². The van der Waals surface area contributed by atoms with Crippen LogP contribution in [0.2, 0.25) is 0 Å². The van der Waals surface area contributed by atoms with Crippen LogP contribution < -0.4 is 0 Å². The van der Waals surface area contributed by atoms with Crippen LogP contribution in [0, 0.1) is 10.1 Å². The third-order valence-corrected chi connectivity index (χ3v) is 4.44. The second-order valence-corrected chi connectivity index (χ2v) is 6.10. The first-order valence-corrected chi connectivity index (χ1v) is 8.39.